The number of nitro groups is 1. The second kappa shape index (κ2) is 3.26. The van der Waals surface area contributed by atoms with Gasteiger partial charge >= 0.3 is 5.69 Å². The molecule has 2 heterocycles. The predicted octanol–water partition coefficient (Wildman–Crippen LogP) is 0.765. The van der Waals surface area contributed by atoms with Gasteiger partial charge in [-0.25, -0.2) is 4.98 Å². The number of nitrogens with one attached hydrogen (secondary N) is 1. The highest BCUT2D eigenvalue weighted by Gasteiger charge is 2.23. The largest absolute Gasteiger partial charge is 0.487 e. The Balaban J connectivity index is 2.46. The summed E-state index contributed by atoms with van der Waals surface area (Å²) >= 11 is 0. The van der Waals surface area contributed by atoms with Crippen molar-refractivity contribution in [3.8, 4) is 5.75 Å². The lowest BCUT2D eigenvalue weighted by molar-refractivity contribution is -0.384. The van der Waals surface area contributed by atoms with E-state index in [0.717, 1.165) is 0 Å². The molecule has 0 spiro atoms. The van der Waals surface area contributed by atoms with E-state index in [4.69, 9.17) is 10.5 Å². The molecule has 0 saturated carbocycles. The average molecular weight is 210 g/mol. The van der Waals surface area contributed by atoms with Crippen LogP contribution in [0.4, 0.5) is 17.3 Å². The molecule has 0 aromatic carbocycles. The normalized spacial score (nSPS) is 18.6. The van der Waals surface area contributed by atoms with E-state index in [0.29, 0.717) is 18.2 Å². The van der Waals surface area contributed by atoms with E-state index in [1.807, 2.05) is 6.92 Å². The summed E-state index contributed by atoms with van der Waals surface area (Å²) in [6.07, 6.45) is 0. The van der Waals surface area contributed by atoms with Gasteiger partial charge in [0.05, 0.1) is 17.0 Å². The van der Waals surface area contributed by atoms with E-state index in [-0.39, 0.29) is 17.5 Å². The van der Waals surface area contributed by atoms with Gasteiger partial charge in [0, 0.05) is 0 Å². The Hall–Kier alpha value is -2.05. The van der Waals surface area contributed by atoms with Crippen LogP contribution in [0.3, 0.4) is 0 Å². The quantitative estimate of drug-likeness (QED) is 0.524. The Bertz CT molecular complexity index is 421. The second-order valence-corrected chi connectivity index (χ2v) is 3.35. The molecule has 1 unspecified atom stereocenters. The molecule has 2 rings (SSSR count). The fraction of sp³-hybridized carbons (Fsp3) is 0.375. The number of anilines is 2. The molecule has 80 valence electrons. The molecule has 7 nitrogen and oxygen atoms in total. The van der Waals surface area contributed by atoms with Gasteiger partial charge in [0.25, 0.3) is 0 Å². The van der Waals surface area contributed by atoms with Crippen LogP contribution in [-0.4, -0.2) is 22.6 Å². The van der Waals surface area contributed by atoms with E-state index in [1.54, 1.807) is 0 Å². The molecule has 0 bridgehead atoms. The number of nitrogens with two attached hydrogens (primary N) is 1. The first kappa shape index (κ1) is 9.50. The number of hydrogen-bond acceptors (Lipinski definition) is 6. The van der Waals surface area contributed by atoms with Gasteiger partial charge in [0.15, 0.2) is 11.6 Å². The molecular weight excluding hydrogens is 200 g/mol. The minimum Gasteiger partial charge on any atom is -0.487 e. The van der Waals surface area contributed by atoms with Crippen molar-refractivity contribution in [3.63, 3.8) is 0 Å². The molecule has 0 saturated heterocycles. The Kier molecular flexibility index (Phi) is 2.07. The maximum atomic E-state index is 10.6. The number of hydrogen-bond donors (Lipinski definition) is 2. The van der Waals surface area contributed by atoms with Crippen LogP contribution < -0.4 is 15.8 Å². The van der Waals surface area contributed by atoms with Gasteiger partial charge in [-0.1, -0.05) is 0 Å². The molecule has 1 aromatic rings. The van der Waals surface area contributed by atoms with Crippen molar-refractivity contribution in [3.05, 3.63) is 16.2 Å². The van der Waals surface area contributed by atoms with Gasteiger partial charge < -0.3 is 15.8 Å². The van der Waals surface area contributed by atoms with Crippen molar-refractivity contribution in [2.75, 3.05) is 17.7 Å². The molecule has 3 N–H and O–H groups in total. The van der Waals surface area contributed by atoms with Gasteiger partial charge in [0.2, 0.25) is 5.82 Å². The van der Waals surface area contributed by atoms with Crippen LogP contribution in [0.1, 0.15) is 6.92 Å². The van der Waals surface area contributed by atoms with Crippen LogP contribution >= 0.6 is 0 Å². The molecule has 15 heavy (non-hydrogen) atoms. The lowest BCUT2D eigenvalue weighted by Gasteiger charge is -2.23. The molecular formula is C8H10N4O3. The van der Waals surface area contributed by atoms with Crippen LogP contribution in [-0.2, 0) is 0 Å². The van der Waals surface area contributed by atoms with Gasteiger partial charge in [-0.05, 0) is 6.92 Å². The van der Waals surface area contributed by atoms with Gasteiger partial charge in [-0.2, -0.15) is 0 Å². The summed E-state index contributed by atoms with van der Waals surface area (Å²) in [5.74, 6) is 0.717. The first-order chi connectivity index (χ1) is 7.08. The lowest BCUT2D eigenvalue weighted by Crippen LogP contribution is -2.29. The number of aromatic nitrogens is 1. The average Bonchev–Trinajstić information content (AvgIpc) is 2.15. The predicted molar refractivity (Wildman–Crippen MR) is 53.9 cm³/mol. The van der Waals surface area contributed by atoms with E-state index in [2.05, 4.69) is 10.3 Å². The fourth-order valence-electron chi connectivity index (χ4n) is 1.35. The van der Waals surface area contributed by atoms with Crippen molar-refractivity contribution >= 4 is 17.3 Å². The number of pyridine rings is 1. The van der Waals surface area contributed by atoms with Gasteiger partial charge in [0.1, 0.15) is 6.61 Å². The second-order valence-electron chi connectivity index (χ2n) is 3.35. The van der Waals surface area contributed by atoms with E-state index >= 15 is 0 Å². The zero-order valence-electron chi connectivity index (χ0n) is 8.06. The standard InChI is InChI=1S/C8H10N4O3/c1-4-3-15-6-2-5(12(13)14)7(9)11-8(6)10-4/h2,4H,3H2,1H3,(H3,9,10,11). The SMILES string of the molecule is CC1COc2cc([N+](=O)[O-])c(N)nc2N1. The van der Waals surface area contributed by atoms with Crippen LogP contribution in [0, 0.1) is 10.1 Å². The monoisotopic (exact) mass is 210 g/mol. The maximum absolute atomic E-state index is 10.6. The van der Waals surface area contributed by atoms with E-state index in [1.165, 1.54) is 6.07 Å². The first-order valence-corrected chi connectivity index (χ1v) is 4.42. The van der Waals surface area contributed by atoms with Crippen molar-refractivity contribution in [2.24, 2.45) is 0 Å². The van der Waals surface area contributed by atoms with Gasteiger partial charge in [-0.3, -0.25) is 10.1 Å². The van der Waals surface area contributed by atoms with Gasteiger partial charge in [-0.15, -0.1) is 0 Å². The molecule has 1 aromatic heterocycles. The number of ether oxygens (including phenoxy) is 1. The van der Waals surface area contributed by atoms with Crippen molar-refractivity contribution in [2.45, 2.75) is 13.0 Å². The van der Waals surface area contributed by atoms with Crippen LogP contribution in [0.5, 0.6) is 5.75 Å². The number of fused-ring (bicyclic) bond motifs is 1. The Labute approximate surface area is 85.4 Å². The molecule has 1 aliphatic heterocycles. The molecule has 0 amide bonds. The summed E-state index contributed by atoms with van der Waals surface area (Å²) in [4.78, 5) is 13.9. The molecule has 7 heteroatoms. The first-order valence-electron chi connectivity index (χ1n) is 4.42. The number of nitrogens with zero attached hydrogens (tertiary/aromatic N) is 2. The third kappa shape index (κ3) is 1.63. The highest BCUT2D eigenvalue weighted by atomic mass is 16.6. The summed E-state index contributed by atoms with van der Waals surface area (Å²) < 4.78 is 5.30. The fourth-order valence-corrected chi connectivity index (χ4v) is 1.35. The summed E-state index contributed by atoms with van der Waals surface area (Å²) in [5, 5.41) is 13.6. The Morgan fingerprint density at radius 3 is 3.20 bits per heavy atom. The molecule has 0 aliphatic carbocycles. The minimum atomic E-state index is -0.579. The maximum Gasteiger partial charge on any atom is 0.315 e. The summed E-state index contributed by atoms with van der Waals surface area (Å²) in [6.45, 7) is 2.37. The zero-order valence-corrected chi connectivity index (χ0v) is 8.06. The summed E-state index contributed by atoms with van der Waals surface area (Å²) in [7, 11) is 0. The highest BCUT2D eigenvalue weighted by molar-refractivity contribution is 5.65. The highest BCUT2D eigenvalue weighted by Crippen LogP contribution is 2.33. The summed E-state index contributed by atoms with van der Waals surface area (Å²) in [6, 6.07) is 1.40. The lowest BCUT2D eigenvalue weighted by atomic mass is 10.2. The molecule has 1 aliphatic rings. The zero-order chi connectivity index (χ0) is 11.0. The Morgan fingerprint density at radius 1 is 1.80 bits per heavy atom. The molecule has 1 atom stereocenters. The van der Waals surface area contributed by atoms with E-state index in [9.17, 15) is 10.1 Å². The Morgan fingerprint density at radius 2 is 2.53 bits per heavy atom. The smallest absolute Gasteiger partial charge is 0.315 e. The van der Waals surface area contributed by atoms with Crippen molar-refractivity contribution in [1.82, 2.24) is 4.98 Å². The minimum absolute atomic E-state index is 0.107. The third-order valence-corrected chi connectivity index (χ3v) is 2.06. The molecule has 0 fully saturated rings. The van der Waals surface area contributed by atoms with Crippen LogP contribution in [0.25, 0.3) is 0 Å². The number of nitrogen functional groups attached to an aromatic ring is 1. The van der Waals surface area contributed by atoms with E-state index < -0.39 is 4.92 Å². The molecule has 0 radical (unpaired) electrons. The van der Waals surface area contributed by atoms with Crippen LogP contribution in [0.15, 0.2) is 6.07 Å². The summed E-state index contributed by atoms with van der Waals surface area (Å²) in [5.41, 5.74) is 5.21. The van der Waals surface area contributed by atoms with Crippen molar-refractivity contribution < 1.29 is 9.66 Å². The van der Waals surface area contributed by atoms with Crippen LogP contribution in [0.2, 0.25) is 0 Å². The van der Waals surface area contributed by atoms with Crippen molar-refractivity contribution in [1.29, 1.82) is 0 Å². The number of rotatable bonds is 1. The third-order valence-electron chi connectivity index (χ3n) is 2.06. The topological polar surface area (TPSA) is 103 Å².